The molecule has 1 atom stereocenters. The molecule has 2 heterocycles. The number of carbonyl (C=O) groups excluding carboxylic acids is 1. The van der Waals surface area contributed by atoms with Gasteiger partial charge in [0.2, 0.25) is 5.95 Å². The highest BCUT2D eigenvalue weighted by atomic mass is 32.1. The number of Topliss-reactive ketones (excluding diaryl/α,β-unsaturated/α-hetero) is 1. The number of aromatic nitrogens is 3. The van der Waals surface area contributed by atoms with Crippen LogP contribution in [0.2, 0.25) is 0 Å². The first-order chi connectivity index (χ1) is 14.2. The van der Waals surface area contributed by atoms with Crippen molar-refractivity contribution in [3.63, 3.8) is 0 Å². The number of nitrogens with one attached hydrogen (secondary N) is 1. The molecule has 0 aliphatic rings. The Balaban J connectivity index is 1.87. The largest absolute Gasteiger partial charge is 0.433 e. The summed E-state index contributed by atoms with van der Waals surface area (Å²) in [7, 11) is 0. The van der Waals surface area contributed by atoms with Crippen molar-refractivity contribution in [2.75, 3.05) is 5.32 Å². The van der Waals surface area contributed by atoms with Crippen molar-refractivity contribution in [2.24, 2.45) is 0 Å². The maximum atomic E-state index is 12.8. The van der Waals surface area contributed by atoms with E-state index in [0.29, 0.717) is 15.6 Å². The van der Waals surface area contributed by atoms with Gasteiger partial charge in [-0.3, -0.25) is 4.79 Å². The van der Waals surface area contributed by atoms with E-state index < -0.39 is 17.5 Å². The Morgan fingerprint density at radius 3 is 2.63 bits per heavy atom. The number of aliphatic hydroxyl groups is 1. The zero-order chi connectivity index (χ0) is 21.9. The van der Waals surface area contributed by atoms with E-state index in [9.17, 15) is 23.1 Å². The highest BCUT2D eigenvalue weighted by Crippen LogP contribution is 2.36. The van der Waals surface area contributed by atoms with Gasteiger partial charge in [-0.15, -0.1) is 11.3 Å². The van der Waals surface area contributed by atoms with Gasteiger partial charge >= 0.3 is 6.18 Å². The molecule has 0 amide bonds. The van der Waals surface area contributed by atoms with Crippen LogP contribution in [0, 0.1) is 0 Å². The van der Waals surface area contributed by atoms with Crippen LogP contribution in [0.3, 0.4) is 0 Å². The van der Waals surface area contributed by atoms with Crippen LogP contribution in [0.1, 0.15) is 37.4 Å². The zero-order valence-electron chi connectivity index (χ0n) is 16.2. The smallest absolute Gasteiger partial charge is 0.375 e. The molecule has 2 aromatic heterocycles. The number of ketones is 1. The van der Waals surface area contributed by atoms with Crippen LogP contribution in [0.15, 0.2) is 42.7 Å². The van der Waals surface area contributed by atoms with Crippen molar-refractivity contribution in [1.29, 1.82) is 0 Å². The summed E-state index contributed by atoms with van der Waals surface area (Å²) in [6.07, 6.45) is -1.57. The van der Waals surface area contributed by atoms with Gasteiger partial charge in [-0.2, -0.15) is 13.2 Å². The molecule has 30 heavy (non-hydrogen) atoms. The summed E-state index contributed by atoms with van der Waals surface area (Å²) in [6, 6.07) is 7.68. The summed E-state index contributed by atoms with van der Waals surface area (Å²) in [5, 5.41) is 13.8. The SMILES string of the molecule is CCC(=O)C(O)(CC)c1ncc(-c2cccc(Nc3nccc(C(F)(F)F)n3)c2)s1. The molecule has 0 spiro atoms. The fraction of sp³-hybridized carbons (Fsp3) is 0.300. The number of hydrogen-bond acceptors (Lipinski definition) is 7. The van der Waals surface area contributed by atoms with Gasteiger partial charge in [0.05, 0.1) is 4.88 Å². The number of thiazole rings is 1. The molecule has 2 N–H and O–H groups in total. The van der Waals surface area contributed by atoms with Crippen molar-refractivity contribution in [2.45, 2.75) is 38.5 Å². The molecule has 0 saturated carbocycles. The molecule has 158 valence electrons. The summed E-state index contributed by atoms with van der Waals surface area (Å²) >= 11 is 1.19. The van der Waals surface area contributed by atoms with Crippen LogP contribution >= 0.6 is 11.3 Å². The van der Waals surface area contributed by atoms with Crippen molar-refractivity contribution in [3.05, 3.63) is 53.4 Å². The van der Waals surface area contributed by atoms with E-state index in [1.807, 2.05) is 0 Å². The van der Waals surface area contributed by atoms with E-state index in [1.54, 1.807) is 44.3 Å². The number of nitrogens with zero attached hydrogens (tertiary/aromatic N) is 3. The summed E-state index contributed by atoms with van der Waals surface area (Å²) in [5.74, 6) is -0.483. The van der Waals surface area contributed by atoms with Gasteiger partial charge in [0, 0.05) is 24.5 Å². The molecule has 0 bridgehead atoms. The van der Waals surface area contributed by atoms with Crippen LogP contribution in [0.5, 0.6) is 0 Å². The molecule has 0 saturated heterocycles. The Morgan fingerprint density at radius 2 is 1.97 bits per heavy atom. The van der Waals surface area contributed by atoms with Gasteiger partial charge in [0.25, 0.3) is 0 Å². The maximum Gasteiger partial charge on any atom is 0.433 e. The molecule has 3 rings (SSSR count). The predicted molar refractivity (Wildman–Crippen MR) is 107 cm³/mol. The van der Waals surface area contributed by atoms with E-state index in [2.05, 4.69) is 20.3 Å². The quantitative estimate of drug-likeness (QED) is 0.546. The predicted octanol–water partition coefficient (Wildman–Crippen LogP) is 4.94. The van der Waals surface area contributed by atoms with Crippen molar-refractivity contribution in [3.8, 4) is 10.4 Å². The molecule has 0 aliphatic carbocycles. The number of rotatable bonds is 7. The first kappa shape index (κ1) is 21.8. The van der Waals surface area contributed by atoms with Gasteiger partial charge in [0.15, 0.2) is 11.4 Å². The molecule has 0 aliphatic heterocycles. The van der Waals surface area contributed by atoms with Gasteiger partial charge in [-0.1, -0.05) is 26.0 Å². The average Bonchev–Trinajstić information content (AvgIpc) is 3.23. The first-order valence-corrected chi connectivity index (χ1v) is 9.98. The summed E-state index contributed by atoms with van der Waals surface area (Å²) < 4.78 is 38.5. The lowest BCUT2D eigenvalue weighted by molar-refractivity contribution is -0.141. The number of alkyl halides is 3. The van der Waals surface area contributed by atoms with Crippen LogP contribution in [0.25, 0.3) is 10.4 Å². The molecule has 0 radical (unpaired) electrons. The second kappa shape index (κ2) is 8.49. The summed E-state index contributed by atoms with van der Waals surface area (Å²) in [6.45, 7) is 3.40. The lowest BCUT2D eigenvalue weighted by Gasteiger charge is -2.21. The fourth-order valence-electron chi connectivity index (χ4n) is 2.82. The molecule has 1 aromatic carbocycles. The third-order valence-corrected chi connectivity index (χ3v) is 5.70. The minimum absolute atomic E-state index is 0.180. The number of halogens is 3. The van der Waals surface area contributed by atoms with E-state index >= 15 is 0 Å². The number of hydrogen-bond donors (Lipinski definition) is 2. The Bertz CT molecular complexity index is 1050. The van der Waals surface area contributed by atoms with E-state index in [1.165, 1.54) is 11.3 Å². The highest BCUT2D eigenvalue weighted by Gasteiger charge is 2.37. The average molecular weight is 436 g/mol. The second-order valence-electron chi connectivity index (χ2n) is 6.49. The molecular formula is C20H19F3N4O2S. The van der Waals surface area contributed by atoms with Gasteiger partial charge in [0.1, 0.15) is 10.7 Å². The van der Waals surface area contributed by atoms with E-state index in [4.69, 9.17) is 0 Å². The van der Waals surface area contributed by atoms with Crippen LogP contribution in [0.4, 0.5) is 24.8 Å². The van der Waals surface area contributed by atoms with Gasteiger partial charge in [-0.25, -0.2) is 15.0 Å². The maximum absolute atomic E-state index is 12.8. The van der Waals surface area contributed by atoms with Crippen LogP contribution in [-0.4, -0.2) is 25.8 Å². The molecule has 0 fully saturated rings. The molecular weight excluding hydrogens is 417 g/mol. The molecule has 10 heteroatoms. The number of carbonyl (C=O) groups is 1. The Kier molecular flexibility index (Phi) is 6.18. The normalized spacial score (nSPS) is 13.7. The van der Waals surface area contributed by atoms with Crippen molar-refractivity contribution < 1.29 is 23.1 Å². The third kappa shape index (κ3) is 4.49. The topological polar surface area (TPSA) is 88.0 Å². The number of anilines is 2. The van der Waals surface area contributed by atoms with Crippen molar-refractivity contribution >= 4 is 28.8 Å². The van der Waals surface area contributed by atoms with Gasteiger partial charge < -0.3 is 10.4 Å². The lowest BCUT2D eigenvalue weighted by atomic mass is 9.94. The highest BCUT2D eigenvalue weighted by molar-refractivity contribution is 7.15. The molecule has 1 unspecified atom stereocenters. The summed E-state index contributed by atoms with van der Waals surface area (Å²) in [5.41, 5.74) is -1.46. The van der Waals surface area contributed by atoms with E-state index in [-0.39, 0.29) is 24.6 Å². The van der Waals surface area contributed by atoms with Crippen molar-refractivity contribution in [1.82, 2.24) is 15.0 Å². The minimum Gasteiger partial charge on any atom is -0.375 e. The van der Waals surface area contributed by atoms with E-state index in [0.717, 1.165) is 17.8 Å². The number of benzene rings is 1. The Morgan fingerprint density at radius 1 is 1.20 bits per heavy atom. The first-order valence-electron chi connectivity index (χ1n) is 9.17. The van der Waals surface area contributed by atoms with Crippen LogP contribution in [-0.2, 0) is 16.6 Å². The van der Waals surface area contributed by atoms with Crippen LogP contribution < -0.4 is 5.32 Å². The Labute approximate surface area is 174 Å². The lowest BCUT2D eigenvalue weighted by Crippen LogP contribution is -2.34. The summed E-state index contributed by atoms with van der Waals surface area (Å²) in [4.78, 5) is 24.4. The minimum atomic E-state index is -4.56. The molecule has 3 aromatic rings. The third-order valence-electron chi connectivity index (χ3n) is 4.50. The standard InChI is InChI=1S/C20H19F3N4O2S/c1-3-16(28)19(29,4-2)17-25-11-14(30-17)12-6-5-7-13(10-12)26-18-24-9-8-15(27-18)20(21,22)23/h5-11,29H,3-4H2,1-2H3,(H,24,26,27). The Hall–Kier alpha value is -2.85. The zero-order valence-corrected chi connectivity index (χ0v) is 17.0. The monoisotopic (exact) mass is 436 g/mol. The second-order valence-corrected chi connectivity index (χ2v) is 7.52. The fourth-order valence-corrected chi connectivity index (χ4v) is 3.91. The molecule has 6 nitrogen and oxygen atoms in total. The van der Waals surface area contributed by atoms with Gasteiger partial charge in [-0.05, 0) is 30.2 Å².